The molecule has 1 amide bonds. The van der Waals surface area contributed by atoms with E-state index in [0.29, 0.717) is 0 Å². The zero-order valence-electron chi connectivity index (χ0n) is 19.2. The quantitative estimate of drug-likeness (QED) is 0.117. The van der Waals surface area contributed by atoms with Gasteiger partial charge in [-0.25, -0.2) is 22.0 Å². The fourth-order valence-electron chi connectivity index (χ4n) is 2.74. The molecule has 0 radical (unpaired) electrons. The molecule has 39 heavy (non-hydrogen) atoms. The maximum atomic E-state index is 14.9. The first-order valence-electron chi connectivity index (χ1n) is 9.95. The predicted octanol–water partition coefficient (Wildman–Crippen LogP) is 7.57. The van der Waals surface area contributed by atoms with Gasteiger partial charge in [-0.2, -0.15) is 48.3 Å². The zero-order valence-corrected chi connectivity index (χ0v) is 20.2. The van der Waals surface area contributed by atoms with Crippen LogP contribution in [0.4, 0.5) is 75.9 Å². The largest absolute Gasteiger partial charge is 0.462 e. The second kappa shape index (κ2) is 10.8. The summed E-state index contributed by atoms with van der Waals surface area (Å²) < 4.78 is 217. The minimum absolute atomic E-state index is 0.232. The van der Waals surface area contributed by atoms with Crippen molar-refractivity contribution in [3.8, 4) is 0 Å². The number of ether oxygens (including phenoxy) is 1. The average Bonchev–Trinajstić information content (AvgIpc) is 2.78. The molecule has 0 fully saturated rings. The van der Waals surface area contributed by atoms with E-state index in [4.69, 9.17) is 0 Å². The van der Waals surface area contributed by atoms with Crippen LogP contribution in [0, 0.1) is 29.1 Å². The number of nitrogens with zero attached hydrogens (tertiary/aromatic N) is 1. The molecule has 0 N–H and O–H groups in total. The summed E-state index contributed by atoms with van der Waals surface area (Å²) in [5.41, 5.74) is -1.36. The topological polar surface area (TPSA) is 29.5 Å². The second-order valence-corrected chi connectivity index (χ2v) is 13.3. The van der Waals surface area contributed by atoms with Gasteiger partial charge in [0.2, 0.25) is 5.82 Å². The van der Waals surface area contributed by atoms with E-state index >= 15 is 0 Å². The van der Waals surface area contributed by atoms with Gasteiger partial charge >= 0.3 is 36.1 Å². The zero-order chi connectivity index (χ0) is 31.2. The first-order chi connectivity index (χ1) is 17.2. The molecule has 0 aliphatic heterocycles. The monoisotopic (exact) mass is 621 g/mol. The Balaban J connectivity index is 3.89. The molecule has 1 atom stereocenters. The molecule has 224 valence electrons. The standard InChI is InChI=1S/C19H15F16NO2Si/c1-4-39(2,3)7-5-6-36(13-11(23)9(21)8(20)10(22)12(13)24)14(37)15(25,17(28,29)30)38-19(34,35)16(26,27)18(31,32)33/h4H,1,5-7H2,2-3H3. The van der Waals surface area contributed by atoms with E-state index in [1.165, 1.54) is 18.8 Å². The van der Waals surface area contributed by atoms with Crippen LogP contribution in [-0.2, 0) is 9.53 Å². The van der Waals surface area contributed by atoms with Crippen LogP contribution in [0.3, 0.4) is 0 Å². The summed E-state index contributed by atoms with van der Waals surface area (Å²) in [4.78, 5) is 11.2. The highest BCUT2D eigenvalue weighted by atomic mass is 28.3. The normalized spacial score (nSPS) is 15.2. The highest BCUT2D eigenvalue weighted by Gasteiger charge is 2.80. The molecule has 1 rings (SSSR count). The summed E-state index contributed by atoms with van der Waals surface area (Å²) in [6, 6.07) is -0.232. The number of anilines is 1. The summed E-state index contributed by atoms with van der Waals surface area (Å²) >= 11 is 0. The number of carbonyl (C=O) groups is 1. The molecule has 0 saturated carbocycles. The highest BCUT2D eigenvalue weighted by molar-refractivity contribution is 6.82. The van der Waals surface area contributed by atoms with Crippen molar-refractivity contribution in [2.75, 3.05) is 11.4 Å². The first-order valence-corrected chi connectivity index (χ1v) is 13.2. The number of carbonyl (C=O) groups excluding carboxylic acids is 1. The van der Waals surface area contributed by atoms with Crippen LogP contribution < -0.4 is 4.90 Å². The Bertz CT molecular complexity index is 1070. The lowest BCUT2D eigenvalue weighted by atomic mass is 10.1. The molecule has 0 aromatic heterocycles. The minimum Gasteiger partial charge on any atom is -0.302 e. The molecule has 3 nitrogen and oxygen atoms in total. The molecule has 0 aliphatic rings. The molecule has 0 aliphatic carbocycles. The smallest absolute Gasteiger partial charge is 0.302 e. The lowest BCUT2D eigenvalue weighted by Crippen LogP contribution is -2.64. The number of rotatable bonds is 10. The van der Waals surface area contributed by atoms with E-state index in [9.17, 15) is 75.0 Å². The SMILES string of the molecule is C=C[Si](C)(C)CCCN(C(=O)C(F)(OC(F)(F)C(F)(F)C(F)(F)F)C(F)(F)F)c1c(F)c(F)c(F)c(F)c1F. The summed E-state index contributed by atoms with van der Waals surface area (Å²) in [6.45, 7) is 4.70. The van der Waals surface area contributed by atoms with E-state index in [-0.39, 0.29) is 6.04 Å². The summed E-state index contributed by atoms with van der Waals surface area (Å²) in [6.07, 6.45) is -23.0. The Morgan fingerprint density at radius 3 is 1.56 bits per heavy atom. The second-order valence-electron chi connectivity index (χ2n) is 8.46. The molecule has 1 unspecified atom stereocenters. The molecular weight excluding hydrogens is 606 g/mol. The number of amides is 1. The van der Waals surface area contributed by atoms with Crippen molar-refractivity contribution >= 4 is 19.7 Å². The molecule has 1 aromatic carbocycles. The van der Waals surface area contributed by atoms with E-state index in [1.807, 2.05) is 0 Å². The van der Waals surface area contributed by atoms with Crippen LogP contribution in [0.2, 0.25) is 19.1 Å². The summed E-state index contributed by atoms with van der Waals surface area (Å²) in [5, 5.41) is 0. The van der Waals surface area contributed by atoms with Crippen molar-refractivity contribution in [3.63, 3.8) is 0 Å². The van der Waals surface area contributed by atoms with Crippen LogP contribution >= 0.6 is 0 Å². The number of hydrogen-bond acceptors (Lipinski definition) is 2. The van der Waals surface area contributed by atoms with Crippen molar-refractivity contribution in [2.24, 2.45) is 0 Å². The predicted molar refractivity (Wildman–Crippen MR) is 103 cm³/mol. The fraction of sp³-hybridized carbons (Fsp3) is 0.526. The number of halogens is 16. The summed E-state index contributed by atoms with van der Waals surface area (Å²) in [5.74, 6) is -33.4. The van der Waals surface area contributed by atoms with Gasteiger partial charge in [-0.3, -0.25) is 9.53 Å². The average molecular weight is 621 g/mol. The Morgan fingerprint density at radius 2 is 1.21 bits per heavy atom. The Morgan fingerprint density at radius 1 is 0.795 bits per heavy atom. The Hall–Kier alpha value is -2.51. The molecular formula is C19H15F16NO2Si. The highest BCUT2D eigenvalue weighted by Crippen LogP contribution is 2.51. The van der Waals surface area contributed by atoms with Crippen molar-refractivity contribution < 1.29 is 79.8 Å². The molecule has 1 aromatic rings. The van der Waals surface area contributed by atoms with Gasteiger partial charge in [0.25, 0.3) is 0 Å². The third-order valence-electron chi connectivity index (χ3n) is 5.09. The Labute approximate surface area is 209 Å². The summed E-state index contributed by atoms with van der Waals surface area (Å²) in [7, 11) is -2.57. The van der Waals surface area contributed by atoms with Crippen LogP contribution in [0.25, 0.3) is 0 Å². The third-order valence-corrected chi connectivity index (χ3v) is 7.83. The van der Waals surface area contributed by atoms with Crippen molar-refractivity contribution in [2.45, 2.75) is 55.8 Å². The van der Waals surface area contributed by atoms with E-state index < -0.39 is 96.9 Å². The molecule has 0 bridgehead atoms. The van der Waals surface area contributed by atoms with Gasteiger partial charge in [-0.1, -0.05) is 19.1 Å². The van der Waals surface area contributed by atoms with Crippen molar-refractivity contribution in [1.82, 2.24) is 0 Å². The van der Waals surface area contributed by atoms with Crippen molar-refractivity contribution in [1.29, 1.82) is 0 Å². The maximum Gasteiger partial charge on any atom is 0.462 e. The van der Waals surface area contributed by atoms with Gasteiger partial charge in [0.15, 0.2) is 23.3 Å². The van der Waals surface area contributed by atoms with Gasteiger partial charge < -0.3 is 4.90 Å². The van der Waals surface area contributed by atoms with E-state index in [0.717, 1.165) is 0 Å². The van der Waals surface area contributed by atoms with Crippen LogP contribution in [-0.4, -0.2) is 50.8 Å². The van der Waals surface area contributed by atoms with E-state index in [2.05, 4.69) is 11.3 Å². The lowest BCUT2D eigenvalue weighted by molar-refractivity contribution is -0.472. The van der Waals surface area contributed by atoms with Crippen LogP contribution in [0.15, 0.2) is 12.3 Å². The van der Waals surface area contributed by atoms with Crippen LogP contribution in [0.1, 0.15) is 6.42 Å². The Kier molecular flexibility index (Phi) is 9.57. The number of alkyl halides is 11. The van der Waals surface area contributed by atoms with Gasteiger partial charge in [0.05, 0.1) is 8.07 Å². The van der Waals surface area contributed by atoms with Gasteiger partial charge in [-0.15, -0.1) is 12.3 Å². The molecule has 0 heterocycles. The molecule has 20 heteroatoms. The number of benzene rings is 1. The van der Waals surface area contributed by atoms with Crippen LogP contribution in [0.5, 0.6) is 0 Å². The van der Waals surface area contributed by atoms with Gasteiger partial charge in [0.1, 0.15) is 5.69 Å². The first kappa shape index (κ1) is 34.5. The third kappa shape index (κ3) is 6.46. The van der Waals surface area contributed by atoms with Crippen molar-refractivity contribution in [3.05, 3.63) is 41.4 Å². The molecule has 0 saturated heterocycles. The maximum absolute atomic E-state index is 14.9. The van der Waals surface area contributed by atoms with Gasteiger partial charge in [-0.05, 0) is 6.42 Å². The molecule has 0 spiro atoms. The van der Waals surface area contributed by atoms with E-state index in [1.54, 1.807) is 0 Å². The lowest BCUT2D eigenvalue weighted by Gasteiger charge is -2.37. The number of hydrogen-bond donors (Lipinski definition) is 0. The fourth-order valence-corrected chi connectivity index (χ4v) is 4.02. The minimum atomic E-state index is -7.59. The van der Waals surface area contributed by atoms with Gasteiger partial charge in [0, 0.05) is 6.54 Å².